The van der Waals surface area contributed by atoms with Crippen molar-refractivity contribution in [3.05, 3.63) is 70.3 Å². The Bertz CT molecular complexity index is 1090. The average Bonchev–Trinajstić information content (AvgIpc) is 3.00. The maximum absolute atomic E-state index is 11.8. The summed E-state index contributed by atoms with van der Waals surface area (Å²) in [7, 11) is 1.62. The van der Waals surface area contributed by atoms with E-state index in [9.17, 15) is 4.79 Å². The largest absolute Gasteiger partial charge is 0.497 e. The Labute approximate surface area is 167 Å². The first kappa shape index (κ1) is 18.2. The van der Waals surface area contributed by atoms with Crippen LogP contribution in [0, 0.1) is 6.92 Å². The maximum Gasteiger partial charge on any atom is 0.218 e. The zero-order chi connectivity index (χ0) is 19.8. The van der Waals surface area contributed by atoms with Crippen LogP contribution in [0.1, 0.15) is 35.9 Å². The van der Waals surface area contributed by atoms with Gasteiger partial charge in [-0.1, -0.05) is 23.7 Å². The van der Waals surface area contributed by atoms with Gasteiger partial charge in [0.2, 0.25) is 5.91 Å². The fourth-order valence-electron chi connectivity index (χ4n) is 3.26. The minimum absolute atomic E-state index is 0.208. The number of aromatic nitrogens is 3. The van der Waals surface area contributed by atoms with Gasteiger partial charge in [0.05, 0.1) is 18.5 Å². The van der Waals surface area contributed by atoms with E-state index in [1.165, 1.54) is 6.92 Å². The predicted octanol–water partition coefficient (Wildman–Crippen LogP) is 3.22. The van der Waals surface area contributed by atoms with Crippen LogP contribution < -0.4 is 10.1 Å². The molecule has 1 amide bonds. The van der Waals surface area contributed by atoms with Crippen molar-refractivity contribution in [2.24, 2.45) is 4.99 Å². The predicted molar refractivity (Wildman–Crippen MR) is 106 cm³/mol. The van der Waals surface area contributed by atoms with Gasteiger partial charge in [-0.05, 0) is 37.3 Å². The summed E-state index contributed by atoms with van der Waals surface area (Å²) in [6.45, 7) is 3.31. The van der Waals surface area contributed by atoms with Crippen molar-refractivity contribution in [1.82, 2.24) is 20.1 Å². The molecule has 1 aliphatic heterocycles. The van der Waals surface area contributed by atoms with E-state index in [-0.39, 0.29) is 5.91 Å². The zero-order valence-corrected chi connectivity index (χ0v) is 16.4. The molecule has 1 aliphatic rings. The van der Waals surface area contributed by atoms with Crippen LogP contribution in [-0.4, -0.2) is 33.5 Å². The highest BCUT2D eigenvalue weighted by atomic mass is 35.5. The normalized spacial score (nSPS) is 15.1. The summed E-state index contributed by atoms with van der Waals surface area (Å²) < 4.78 is 7.33. The van der Waals surface area contributed by atoms with Crippen molar-refractivity contribution in [1.29, 1.82) is 0 Å². The number of amides is 1. The SMILES string of the molecule is COc1ccc2c(c1)C(c1ccc(Cl)cc1)=NC(NC(C)=O)c1nnc(C)n1-2. The molecular formula is C20H18ClN5O2. The Morgan fingerprint density at radius 1 is 1.18 bits per heavy atom. The standard InChI is InChI=1S/C20H18ClN5O2/c1-11-24-25-20-19(22-12(2)27)23-18(13-4-6-14(21)7-5-13)16-10-15(28-3)8-9-17(16)26(11)20/h4-10,19H,1-3H3,(H,22,27). The molecular weight excluding hydrogens is 378 g/mol. The third-order valence-electron chi connectivity index (χ3n) is 4.51. The number of aryl methyl sites for hydroxylation is 1. The van der Waals surface area contributed by atoms with Gasteiger partial charge in [0.25, 0.3) is 0 Å². The molecule has 8 heteroatoms. The summed E-state index contributed by atoms with van der Waals surface area (Å²) in [6, 6.07) is 13.1. The highest BCUT2D eigenvalue weighted by Crippen LogP contribution is 2.32. The van der Waals surface area contributed by atoms with Crippen LogP contribution in [0.5, 0.6) is 5.75 Å². The van der Waals surface area contributed by atoms with Gasteiger partial charge in [-0.25, -0.2) is 0 Å². The number of aliphatic imine (C=N–C) groups is 1. The van der Waals surface area contributed by atoms with E-state index in [2.05, 4.69) is 15.5 Å². The van der Waals surface area contributed by atoms with Gasteiger partial charge in [0, 0.05) is 23.1 Å². The van der Waals surface area contributed by atoms with Gasteiger partial charge < -0.3 is 10.1 Å². The molecule has 0 spiro atoms. The summed E-state index contributed by atoms with van der Waals surface area (Å²) in [5.41, 5.74) is 3.28. The molecule has 1 aromatic heterocycles. The smallest absolute Gasteiger partial charge is 0.218 e. The van der Waals surface area contributed by atoms with E-state index in [0.717, 1.165) is 16.8 Å². The number of hydrogen-bond acceptors (Lipinski definition) is 5. The van der Waals surface area contributed by atoms with E-state index in [1.54, 1.807) is 7.11 Å². The Morgan fingerprint density at radius 2 is 1.93 bits per heavy atom. The number of fused-ring (bicyclic) bond motifs is 3. The molecule has 1 N–H and O–H groups in total. The Kier molecular flexibility index (Phi) is 4.60. The van der Waals surface area contributed by atoms with Crippen LogP contribution in [0.2, 0.25) is 5.02 Å². The number of carbonyl (C=O) groups is 1. The topological polar surface area (TPSA) is 81.4 Å². The van der Waals surface area contributed by atoms with Gasteiger partial charge in [-0.15, -0.1) is 10.2 Å². The second-order valence-electron chi connectivity index (χ2n) is 6.41. The van der Waals surface area contributed by atoms with E-state index in [1.807, 2.05) is 54.0 Å². The van der Waals surface area contributed by atoms with Crippen LogP contribution in [0.15, 0.2) is 47.5 Å². The number of benzene rings is 2. The fraction of sp³-hybridized carbons (Fsp3) is 0.200. The van der Waals surface area contributed by atoms with E-state index in [0.29, 0.717) is 28.1 Å². The lowest BCUT2D eigenvalue weighted by molar-refractivity contribution is -0.119. The number of nitrogens with zero attached hydrogens (tertiary/aromatic N) is 4. The van der Waals surface area contributed by atoms with Crippen molar-refractivity contribution < 1.29 is 9.53 Å². The molecule has 28 heavy (non-hydrogen) atoms. The number of halogens is 1. The van der Waals surface area contributed by atoms with Crippen LogP contribution in [0.3, 0.4) is 0 Å². The van der Waals surface area contributed by atoms with E-state index < -0.39 is 6.17 Å². The lowest BCUT2D eigenvalue weighted by atomic mass is 10.00. The number of methoxy groups -OCH3 is 1. The lowest BCUT2D eigenvalue weighted by Crippen LogP contribution is -2.27. The lowest BCUT2D eigenvalue weighted by Gasteiger charge is -2.14. The monoisotopic (exact) mass is 395 g/mol. The molecule has 0 saturated carbocycles. The summed E-state index contributed by atoms with van der Waals surface area (Å²) in [5.74, 6) is 1.73. The van der Waals surface area contributed by atoms with Gasteiger partial charge in [0.1, 0.15) is 11.6 Å². The van der Waals surface area contributed by atoms with Crippen molar-refractivity contribution in [2.45, 2.75) is 20.0 Å². The zero-order valence-electron chi connectivity index (χ0n) is 15.6. The molecule has 0 fully saturated rings. The first-order valence-corrected chi connectivity index (χ1v) is 9.07. The number of nitrogens with one attached hydrogen (secondary N) is 1. The average molecular weight is 396 g/mol. The van der Waals surface area contributed by atoms with Crippen LogP contribution in [0.25, 0.3) is 5.69 Å². The number of rotatable bonds is 3. The summed E-state index contributed by atoms with van der Waals surface area (Å²) >= 11 is 6.07. The first-order valence-electron chi connectivity index (χ1n) is 8.69. The van der Waals surface area contributed by atoms with Gasteiger partial charge in [-0.2, -0.15) is 0 Å². The maximum atomic E-state index is 11.8. The van der Waals surface area contributed by atoms with Crippen molar-refractivity contribution in [3.8, 4) is 11.4 Å². The third-order valence-corrected chi connectivity index (χ3v) is 4.76. The molecule has 0 aliphatic carbocycles. The van der Waals surface area contributed by atoms with Crippen LogP contribution in [-0.2, 0) is 4.79 Å². The molecule has 2 aromatic carbocycles. The Morgan fingerprint density at radius 3 is 2.61 bits per heavy atom. The molecule has 142 valence electrons. The molecule has 1 unspecified atom stereocenters. The van der Waals surface area contributed by atoms with Crippen LogP contribution >= 0.6 is 11.6 Å². The highest BCUT2D eigenvalue weighted by molar-refractivity contribution is 6.30. The van der Waals surface area contributed by atoms with Crippen molar-refractivity contribution in [2.75, 3.05) is 7.11 Å². The second kappa shape index (κ2) is 7.09. The summed E-state index contributed by atoms with van der Waals surface area (Å²) in [4.78, 5) is 16.7. The molecule has 4 rings (SSSR count). The molecule has 0 saturated heterocycles. The second-order valence-corrected chi connectivity index (χ2v) is 6.85. The first-order chi connectivity index (χ1) is 13.5. The number of ether oxygens (including phenoxy) is 1. The highest BCUT2D eigenvalue weighted by Gasteiger charge is 2.28. The number of carbonyl (C=O) groups excluding carboxylic acids is 1. The third kappa shape index (κ3) is 3.14. The molecule has 1 atom stereocenters. The van der Waals surface area contributed by atoms with Crippen molar-refractivity contribution in [3.63, 3.8) is 0 Å². The van der Waals surface area contributed by atoms with Crippen molar-refractivity contribution >= 4 is 23.2 Å². The van der Waals surface area contributed by atoms with E-state index in [4.69, 9.17) is 21.3 Å². The van der Waals surface area contributed by atoms with Gasteiger partial charge in [0.15, 0.2) is 12.0 Å². The summed E-state index contributed by atoms with van der Waals surface area (Å²) in [5, 5.41) is 12.0. The fourth-order valence-corrected chi connectivity index (χ4v) is 3.39. The Balaban J connectivity index is 2.02. The minimum atomic E-state index is -0.678. The quantitative estimate of drug-likeness (QED) is 0.738. The van der Waals surface area contributed by atoms with Gasteiger partial charge in [-0.3, -0.25) is 14.4 Å². The number of hydrogen-bond donors (Lipinski definition) is 1. The molecule has 3 aromatic rings. The minimum Gasteiger partial charge on any atom is -0.497 e. The van der Waals surface area contributed by atoms with Gasteiger partial charge >= 0.3 is 0 Å². The molecule has 7 nitrogen and oxygen atoms in total. The molecule has 0 bridgehead atoms. The molecule has 0 radical (unpaired) electrons. The Hall–Kier alpha value is -3.19. The van der Waals surface area contributed by atoms with E-state index >= 15 is 0 Å². The summed E-state index contributed by atoms with van der Waals surface area (Å²) in [6.07, 6.45) is -0.678. The molecule has 2 heterocycles. The van der Waals surface area contributed by atoms with Crippen LogP contribution in [0.4, 0.5) is 0 Å².